The summed E-state index contributed by atoms with van der Waals surface area (Å²) in [4.78, 5) is 26.2. The second kappa shape index (κ2) is 8.43. The van der Waals surface area contributed by atoms with Gasteiger partial charge in [-0.25, -0.2) is 0 Å². The van der Waals surface area contributed by atoms with Crippen LogP contribution in [0.3, 0.4) is 0 Å². The third-order valence-corrected chi connectivity index (χ3v) is 6.16. The van der Waals surface area contributed by atoms with Gasteiger partial charge in [0.15, 0.2) is 12.6 Å². The Labute approximate surface area is 192 Å². The minimum atomic E-state index is -0.378. The first-order valence-electron chi connectivity index (χ1n) is 9.83. The van der Waals surface area contributed by atoms with E-state index < -0.39 is 0 Å². The number of hydrogen-bond acceptors (Lipinski definition) is 7. The minimum Gasteiger partial charge on any atom is -0.467 e. The fourth-order valence-corrected chi connectivity index (χ4v) is 4.66. The number of fused-ring (bicyclic) bond motifs is 2. The fraction of sp³-hybridized carbons (Fsp3) is 0.167. The van der Waals surface area contributed by atoms with Crippen molar-refractivity contribution in [3.05, 3.63) is 79.7 Å². The summed E-state index contributed by atoms with van der Waals surface area (Å²) in [5.41, 5.74) is 2.53. The molecule has 0 saturated heterocycles. The smallest absolute Gasteiger partial charge is 0.316 e. The molecule has 0 unspecified atom stereocenters. The van der Waals surface area contributed by atoms with Gasteiger partial charge in [-0.15, -0.1) is 11.3 Å². The SMILES string of the molecule is Cc1cc(OC(=O)Cc2cccs2)cc2c1C(=O)/C(=C/c1cc(Cl)cc3c1OCOC3)O2. The number of allylic oxidation sites excluding steroid dienone is 1. The summed E-state index contributed by atoms with van der Waals surface area (Å²) in [5, 5.41) is 2.41. The number of carbonyl (C=O) groups is 2. The first-order valence-corrected chi connectivity index (χ1v) is 11.1. The van der Waals surface area contributed by atoms with E-state index in [1.54, 1.807) is 37.3 Å². The third kappa shape index (κ3) is 4.02. The molecule has 2 aliphatic rings. The Morgan fingerprint density at radius 2 is 2.16 bits per heavy atom. The van der Waals surface area contributed by atoms with E-state index >= 15 is 0 Å². The van der Waals surface area contributed by atoms with Crippen molar-refractivity contribution in [2.75, 3.05) is 6.79 Å². The highest BCUT2D eigenvalue weighted by molar-refractivity contribution is 7.10. The number of esters is 1. The Bertz CT molecular complexity index is 1260. The van der Waals surface area contributed by atoms with Gasteiger partial charge in [-0.2, -0.15) is 0 Å². The van der Waals surface area contributed by atoms with E-state index in [0.717, 1.165) is 10.4 Å². The Balaban J connectivity index is 1.42. The van der Waals surface area contributed by atoms with Crippen LogP contribution in [0.1, 0.15) is 31.9 Å². The molecule has 5 rings (SSSR count). The van der Waals surface area contributed by atoms with Crippen LogP contribution in [0.5, 0.6) is 17.2 Å². The van der Waals surface area contributed by atoms with E-state index in [9.17, 15) is 9.59 Å². The zero-order valence-electron chi connectivity index (χ0n) is 17.0. The first-order chi connectivity index (χ1) is 15.5. The van der Waals surface area contributed by atoms with Gasteiger partial charge in [-0.05, 0) is 48.2 Å². The molecular formula is C24H17ClO6S. The molecule has 2 aromatic carbocycles. The van der Waals surface area contributed by atoms with E-state index in [-0.39, 0.29) is 30.7 Å². The van der Waals surface area contributed by atoms with E-state index in [0.29, 0.717) is 45.6 Å². The van der Waals surface area contributed by atoms with Crippen molar-refractivity contribution in [1.29, 1.82) is 0 Å². The second-order valence-corrected chi connectivity index (χ2v) is 8.85. The molecule has 0 radical (unpaired) electrons. The van der Waals surface area contributed by atoms with Gasteiger partial charge >= 0.3 is 5.97 Å². The molecule has 1 aromatic heterocycles. The summed E-state index contributed by atoms with van der Waals surface area (Å²) in [6.45, 7) is 2.28. The predicted octanol–water partition coefficient (Wildman–Crippen LogP) is 5.34. The Hall–Kier alpha value is -3.13. The Kier molecular flexibility index (Phi) is 5.46. The number of Topliss-reactive ketones (excluding diaryl/α,β-unsaturated/α-hetero) is 1. The first kappa shape index (κ1) is 20.8. The molecule has 3 aromatic rings. The molecule has 2 aliphatic heterocycles. The Morgan fingerprint density at radius 1 is 1.28 bits per heavy atom. The maximum atomic E-state index is 13.0. The molecule has 0 spiro atoms. The van der Waals surface area contributed by atoms with Crippen LogP contribution in [0.25, 0.3) is 6.08 Å². The van der Waals surface area contributed by atoms with Crippen molar-refractivity contribution >= 4 is 40.8 Å². The number of carbonyl (C=O) groups excluding carboxylic acids is 2. The summed E-state index contributed by atoms with van der Waals surface area (Å²) in [7, 11) is 0. The molecule has 0 N–H and O–H groups in total. The van der Waals surface area contributed by atoms with E-state index in [1.807, 2.05) is 17.5 Å². The van der Waals surface area contributed by atoms with Crippen molar-refractivity contribution in [3.63, 3.8) is 0 Å². The lowest BCUT2D eigenvalue weighted by Crippen LogP contribution is -2.12. The average molecular weight is 469 g/mol. The Morgan fingerprint density at radius 3 is 2.97 bits per heavy atom. The van der Waals surface area contributed by atoms with Gasteiger partial charge in [-0.1, -0.05) is 17.7 Å². The largest absolute Gasteiger partial charge is 0.467 e. The molecule has 6 nitrogen and oxygen atoms in total. The number of thiophene rings is 1. The maximum Gasteiger partial charge on any atom is 0.316 e. The van der Waals surface area contributed by atoms with Crippen LogP contribution in [0.4, 0.5) is 0 Å². The second-order valence-electron chi connectivity index (χ2n) is 7.38. The van der Waals surface area contributed by atoms with Crippen molar-refractivity contribution < 1.29 is 28.5 Å². The van der Waals surface area contributed by atoms with Crippen LogP contribution in [0.2, 0.25) is 5.02 Å². The lowest BCUT2D eigenvalue weighted by Gasteiger charge is -2.20. The number of benzene rings is 2. The topological polar surface area (TPSA) is 71.1 Å². The van der Waals surface area contributed by atoms with Crippen LogP contribution in [0.15, 0.2) is 47.5 Å². The zero-order chi connectivity index (χ0) is 22.2. The standard InChI is InChI=1S/C24H17ClO6S/c1-13-5-17(30-21(26)10-18-3-2-4-32-18)9-19-22(13)23(27)20(31-19)8-14-6-16(25)7-15-11-28-12-29-24(14)15/h2-9H,10-12H2,1H3/b20-8-. The van der Waals surface area contributed by atoms with Gasteiger partial charge in [0.25, 0.3) is 0 Å². The molecular weight excluding hydrogens is 452 g/mol. The predicted molar refractivity (Wildman–Crippen MR) is 120 cm³/mol. The van der Waals surface area contributed by atoms with Crippen LogP contribution in [-0.4, -0.2) is 18.5 Å². The van der Waals surface area contributed by atoms with Gasteiger partial charge in [-0.3, -0.25) is 9.59 Å². The molecule has 162 valence electrons. The number of hydrogen-bond donors (Lipinski definition) is 0. The number of aryl methyl sites for hydroxylation is 1. The van der Waals surface area contributed by atoms with Crippen molar-refractivity contribution in [2.24, 2.45) is 0 Å². The van der Waals surface area contributed by atoms with Crippen molar-refractivity contribution in [1.82, 2.24) is 0 Å². The number of ether oxygens (including phenoxy) is 4. The van der Waals surface area contributed by atoms with Crippen molar-refractivity contribution in [2.45, 2.75) is 20.0 Å². The fourth-order valence-electron chi connectivity index (χ4n) is 3.72. The molecule has 3 heterocycles. The van der Waals surface area contributed by atoms with E-state index in [1.165, 1.54) is 11.3 Å². The maximum absolute atomic E-state index is 13.0. The lowest BCUT2D eigenvalue weighted by atomic mass is 10.0. The van der Waals surface area contributed by atoms with Crippen LogP contribution < -0.4 is 14.2 Å². The van der Waals surface area contributed by atoms with Gasteiger partial charge in [0.05, 0.1) is 18.6 Å². The van der Waals surface area contributed by atoms with Crippen molar-refractivity contribution in [3.8, 4) is 17.2 Å². The monoisotopic (exact) mass is 468 g/mol. The molecule has 0 saturated carbocycles. The minimum absolute atomic E-state index is 0.124. The summed E-state index contributed by atoms with van der Waals surface area (Å²) in [5.74, 6) is 0.800. The molecule has 8 heteroatoms. The third-order valence-electron chi connectivity index (χ3n) is 5.06. The molecule has 0 fully saturated rings. The number of ketones is 1. The van der Waals surface area contributed by atoms with Gasteiger partial charge < -0.3 is 18.9 Å². The highest BCUT2D eigenvalue weighted by Crippen LogP contribution is 2.39. The summed E-state index contributed by atoms with van der Waals surface area (Å²) < 4.78 is 22.2. The zero-order valence-corrected chi connectivity index (χ0v) is 18.5. The summed E-state index contributed by atoms with van der Waals surface area (Å²) in [6, 6.07) is 10.5. The number of halogens is 1. The highest BCUT2D eigenvalue weighted by atomic mass is 35.5. The molecule has 0 amide bonds. The van der Waals surface area contributed by atoms with Gasteiger partial charge in [0.1, 0.15) is 17.2 Å². The lowest BCUT2D eigenvalue weighted by molar-refractivity contribution is -0.133. The van der Waals surface area contributed by atoms with Crippen LogP contribution in [-0.2, 0) is 22.6 Å². The quantitative estimate of drug-likeness (QED) is 0.292. The van der Waals surface area contributed by atoms with E-state index in [4.69, 9.17) is 30.5 Å². The van der Waals surface area contributed by atoms with Gasteiger partial charge in [0.2, 0.25) is 5.78 Å². The van der Waals surface area contributed by atoms with Crippen LogP contribution in [0, 0.1) is 6.92 Å². The van der Waals surface area contributed by atoms with E-state index in [2.05, 4.69) is 0 Å². The average Bonchev–Trinajstić information content (AvgIpc) is 3.36. The number of rotatable bonds is 4. The van der Waals surface area contributed by atoms with Gasteiger partial charge in [0, 0.05) is 27.1 Å². The normalized spacial score (nSPS) is 15.7. The molecule has 0 aliphatic carbocycles. The summed E-state index contributed by atoms with van der Waals surface area (Å²) in [6.07, 6.45) is 1.79. The van der Waals surface area contributed by atoms with Crippen LogP contribution >= 0.6 is 22.9 Å². The summed E-state index contributed by atoms with van der Waals surface area (Å²) >= 11 is 7.72. The molecule has 0 atom stereocenters. The highest BCUT2D eigenvalue weighted by Gasteiger charge is 2.31. The molecule has 32 heavy (non-hydrogen) atoms. The molecule has 0 bridgehead atoms.